The fraction of sp³-hybridized carbons (Fsp3) is 0.413. The number of carbonyl (C=O) groups is 1. The molecule has 8 rings (SSSR count). The van der Waals surface area contributed by atoms with E-state index in [4.69, 9.17) is 4.74 Å². The molecular formula is C46H56N6O2. The highest BCUT2D eigenvalue weighted by atomic mass is 16.6. The molecule has 8 heteroatoms. The summed E-state index contributed by atoms with van der Waals surface area (Å²) in [6.45, 7) is 19.5. The van der Waals surface area contributed by atoms with E-state index in [1.165, 1.54) is 66.6 Å². The Morgan fingerprint density at radius 1 is 0.685 bits per heavy atom. The maximum atomic E-state index is 12.7. The normalized spacial score (nSPS) is 14.5. The Morgan fingerprint density at radius 2 is 1.19 bits per heavy atom. The highest BCUT2D eigenvalue weighted by molar-refractivity contribution is 5.88. The molecule has 2 aliphatic rings. The summed E-state index contributed by atoms with van der Waals surface area (Å²) in [7, 11) is 2.22. The highest BCUT2D eigenvalue weighted by Crippen LogP contribution is 2.34. The zero-order valence-electron chi connectivity index (χ0n) is 33.5. The lowest BCUT2D eigenvalue weighted by Gasteiger charge is -2.30. The number of likely N-dealkylation sites (N-methyl/N-ethyl adjacent to an activating group) is 1. The first kappa shape index (κ1) is 37.4. The Balaban J connectivity index is 0.000000171. The molecular weight excluding hydrogens is 669 g/mol. The van der Waals surface area contributed by atoms with Gasteiger partial charge in [-0.05, 0) is 121 Å². The van der Waals surface area contributed by atoms with Crippen molar-refractivity contribution in [2.24, 2.45) is 0 Å². The molecule has 0 unspecified atom stereocenters. The van der Waals surface area contributed by atoms with Gasteiger partial charge in [-0.3, -0.25) is 9.97 Å². The Kier molecular flexibility index (Phi) is 10.7. The molecule has 282 valence electrons. The van der Waals surface area contributed by atoms with Crippen LogP contribution >= 0.6 is 0 Å². The largest absolute Gasteiger partial charge is 0.444 e. The van der Waals surface area contributed by atoms with Crippen molar-refractivity contribution in [3.63, 3.8) is 0 Å². The van der Waals surface area contributed by atoms with Crippen molar-refractivity contribution < 1.29 is 9.53 Å². The van der Waals surface area contributed by atoms with Gasteiger partial charge in [0, 0.05) is 108 Å². The fourth-order valence-corrected chi connectivity index (χ4v) is 8.03. The predicted molar refractivity (Wildman–Crippen MR) is 219 cm³/mol. The van der Waals surface area contributed by atoms with E-state index in [1.807, 2.05) is 51.9 Å². The van der Waals surface area contributed by atoms with Gasteiger partial charge in [0.1, 0.15) is 5.60 Å². The fourth-order valence-electron chi connectivity index (χ4n) is 8.03. The number of ether oxygens (including phenoxy) is 1. The van der Waals surface area contributed by atoms with Gasteiger partial charge in [0.15, 0.2) is 0 Å². The van der Waals surface area contributed by atoms with E-state index in [1.54, 1.807) is 0 Å². The smallest absolute Gasteiger partial charge is 0.410 e. The van der Waals surface area contributed by atoms with Crippen molar-refractivity contribution in [2.75, 3.05) is 20.1 Å². The molecule has 2 aromatic carbocycles. The molecule has 1 amide bonds. The van der Waals surface area contributed by atoms with Crippen LogP contribution in [0.3, 0.4) is 0 Å². The summed E-state index contributed by atoms with van der Waals surface area (Å²) in [5.74, 6) is 0. The molecule has 0 radical (unpaired) electrons. The van der Waals surface area contributed by atoms with Gasteiger partial charge in [-0.25, -0.2) is 4.79 Å². The maximum absolute atomic E-state index is 12.7. The molecule has 0 N–H and O–H groups in total. The molecule has 2 aliphatic heterocycles. The zero-order valence-corrected chi connectivity index (χ0v) is 33.5. The number of hydrogen-bond acceptors (Lipinski definition) is 5. The van der Waals surface area contributed by atoms with Crippen LogP contribution in [0.1, 0.15) is 76.9 Å². The van der Waals surface area contributed by atoms with Crippen LogP contribution in [0.5, 0.6) is 0 Å². The summed E-state index contributed by atoms with van der Waals surface area (Å²) >= 11 is 0. The Morgan fingerprint density at radius 3 is 1.67 bits per heavy atom. The van der Waals surface area contributed by atoms with E-state index in [2.05, 4.69) is 106 Å². The van der Waals surface area contributed by atoms with Gasteiger partial charge in [-0.1, -0.05) is 35.4 Å². The van der Waals surface area contributed by atoms with Crippen molar-refractivity contribution in [3.05, 3.63) is 129 Å². The van der Waals surface area contributed by atoms with Gasteiger partial charge in [-0.2, -0.15) is 0 Å². The number of rotatable bonds is 6. The molecule has 8 nitrogen and oxygen atoms in total. The van der Waals surface area contributed by atoms with Gasteiger partial charge < -0.3 is 23.7 Å². The minimum atomic E-state index is -0.482. The monoisotopic (exact) mass is 724 g/mol. The lowest BCUT2D eigenvalue weighted by molar-refractivity contribution is 0.0223. The SMILES string of the molecule is Cc1ccc2c(c1)c1c(n2CCc2ccc(C)nc2)CCN(C(=O)OC(C)(C)C)C1.Cc1ccc2c(c1)c1c(n2CCc2ccc(C)nc2)CCN(C)C1. The van der Waals surface area contributed by atoms with Crippen molar-refractivity contribution >= 4 is 27.9 Å². The quantitative estimate of drug-likeness (QED) is 0.172. The van der Waals surface area contributed by atoms with E-state index < -0.39 is 5.60 Å². The second-order valence-corrected chi connectivity index (χ2v) is 16.5. The summed E-state index contributed by atoms with van der Waals surface area (Å²) in [5, 5.41) is 2.69. The Hall–Kier alpha value is -4.95. The van der Waals surface area contributed by atoms with Crippen LogP contribution in [0, 0.1) is 27.7 Å². The summed E-state index contributed by atoms with van der Waals surface area (Å²) in [4.78, 5) is 25.8. The molecule has 0 fully saturated rings. The molecule has 6 aromatic rings. The van der Waals surface area contributed by atoms with Crippen molar-refractivity contribution in [1.82, 2.24) is 28.9 Å². The Labute approximate surface area is 320 Å². The standard InChI is InChI=1S/C25H31N3O2.C21H25N3/c1-17-6-9-22-20(14-17)21-16-27(24(29)30-25(3,4)5)12-11-23(21)28(22)13-10-19-8-7-18(2)26-15-19;1-15-4-7-20-18(12-15)19-14-23(3)10-9-21(19)24(20)11-8-17-6-5-16(2)22-13-17/h6-9,14-15H,10-13,16H2,1-5H3;4-7,12-13H,8-11,14H2,1-3H3. The van der Waals surface area contributed by atoms with Crippen molar-refractivity contribution in [3.8, 4) is 0 Å². The lowest BCUT2D eigenvalue weighted by atomic mass is 10.0. The van der Waals surface area contributed by atoms with E-state index in [0.717, 1.165) is 63.3 Å². The van der Waals surface area contributed by atoms with Crippen LogP contribution < -0.4 is 0 Å². The third-order valence-corrected chi connectivity index (χ3v) is 10.9. The van der Waals surface area contributed by atoms with Gasteiger partial charge in [0.2, 0.25) is 0 Å². The van der Waals surface area contributed by atoms with Crippen LogP contribution in [0.25, 0.3) is 21.8 Å². The summed E-state index contributed by atoms with van der Waals surface area (Å²) in [5.41, 5.74) is 15.1. The van der Waals surface area contributed by atoms with Gasteiger partial charge in [0.05, 0.1) is 6.54 Å². The van der Waals surface area contributed by atoms with Crippen LogP contribution in [0.15, 0.2) is 73.1 Å². The molecule has 4 aromatic heterocycles. The number of fused-ring (bicyclic) bond motifs is 6. The summed E-state index contributed by atoms with van der Waals surface area (Å²) in [6, 6.07) is 22.1. The highest BCUT2D eigenvalue weighted by Gasteiger charge is 2.29. The average molecular weight is 725 g/mol. The maximum Gasteiger partial charge on any atom is 0.410 e. The second-order valence-electron chi connectivity index (χ2n) is 16.5. The molecule has 0 saturated carbocycles. The topological polar surface area (TPSA) is 68.4 Å². The summed E-state index contributed by atoms with van der Waals surface area (Å²) in [6.07, 6.45) is 7.72. The molecule has 0 atom stereocenters. The second kappa shape index (κ2) is 15.4. The van der Waals surface area contributed by atoms with Crippen LogP contribution in [0.2, 0.25) is 0 Å². The van der Waals surface area contributed by atoms with E-state index in [0.29, 0.717) is 13.1 Å². The number of carbonyl (C=O) groups excluding carboxylic acids is 1. The van der Waals surface area contributed by atoms with Gasteiger partial charge in [-0.15, -0.1) is 0 Å². The number of aromatic nitrogens is 4. The van der Waals surface area contributed by atoms with E-state index in [-0.39, 0.29) is 6.09 Å². The molecule has 0 aliphatic carbocycles. The number of nitrogens with zero attached hydrogens (tertiary/aromatic N) is 6. The van der Waals surface area contributed by atoms with E-state index >= 15 is 0 Å². The van der Waals surface area contributed by atoms with Crippen LogP contribution in [-0.2, 0) is 56.6 Å². The molecule has 54 heavy (non-hydrogen) atoms. The number of pyridine rings is 2. The van der Waals surface area contributed by atoms with E-state index in [9.17, 15) is 4.79 Å². The number of amides is 1. The predicted octanol–water partition coefficient (Wildman–Crippen LogP) is 9.07. The average Bonchev–Trinajstić information content (AvgIpc) is 3.60. The third kappa shape index (κ3) is 8.24. The number of aryl methyl sites for hydroxylation is 8. The first-order valence-corrected chi connectivity index (χ1v) is 19.5. The number of hydrogen-bond donors (Lipinski definition) is 0. The molecule has 6 heterocycles. The first-order valence-electron chi connectivity index (χ1n) is 19.5. The van der Waals surface area contributed by atoms with Crippen molar-refractivity contribution in [1.29, 1.82) is 0 Å². The third-order valence-electron chi connectivity index (χ3n) is 10.9. The lowest BCUT2D eigenvalue weighted by Crippen LogP contribution is -2.40. The molecule has 0 bridgehead atoms. The number of benzene rings is 2. The van der Waals surface area contributed by atoms with Gasteiger partial charge >= 0.3 is 6.09 Å². The summed E-state index contributed by atoms with van der Waals surface area (Å²) < 4.78 is 10.6. The first-order chi connectivity index (χ1) is 25.8. The Bertz CT molecular complexity index is 2270. The zero-order chi connectivity index (χ0) is 38.1. The molecule has 0 spiro atoms. The van der Waals surface area contributed by atoms with Crippen molar-refractivity contribution in [2.45, 2.75) is 106 Å². The van der Waals surface area contributed by atoms with Crippen LogP contribution in [-0.4, -0.2) is 60.7 Å². The minimum absolute atomic E-state index is 0.229. The molecule has 0 saturated heterocycles. The minimum Gasteiger partial charge on any atom is -0.444 e. The van der Waals surface area contributed by atoms with Crippen LogP contribution in [0.4, 0.5) is 4.79 Å². The van der Waals surface area contributed by atoms with Gasteiger partial charge in [0.25, 0.3) is 0 Å².